The molecule has 8 nitrogen and oxygen atoms in total. The summed E-state index contributed by atoms with van der Waals surface area (Å²) in [6.45, 7) is -0.604. The molecule has 0 spiro atoms. The molecule has 1 saturated heterocycles. The number of carbonyl (C=O) groups excluding carboxylic acids is 1. The van der Waals surface area contributed by atoms with Crippen LogP contribution in [-0.2, 0) is 16.4 Å². The predicted octanol–water partition coefficient (Wildman–Crippen LogP) is 4.27. The van der Waals surface area contributed by atoms with Gasteiger partial charge in [-0.15, -0.1) is 0 Å². The van der Waals surface area contributed by atoms with Crippen LogP contribution >= 0.6 is 11.6 Å². The van der Waals surface area contributed by atoms with E-state index in [0.29, 0.717) is 36.2 Å². The number of halogens is 3. The summed E-state index contributed by atoms with van der Waals surface area (Å²) in [5.41, 5.74) is 3.12. The van der Waals surface area contributed by atoms with E-state index >= 15 is 0 Å². The lowest BCUT2D eigenvalue weighted by atomic mass is 10.1. The van der Waals surface area contributed by atoms with Crippen LogP contribution in [0.4, 0.5) is 25.8 Å². The maximum Gasteiger partial charge on any atom is 0.282 e. The molecule has 3 heterocycles. The van der Waals surface area contributed by atoms with E-state index in [1.807, 2.05) is 0 Å². The smallest absolute Gasteiger partial charge is 0.282 e. The number of nitrogens with one attached hydrogen (secondary N) is 3. The van der Waals surface area contributed by atoms with E-state index in [1.54, 1.807) is 35.5 Å². The Kier molecular flexibility index (Phi) is 5.92. The number of alkyl halides is 2. The number of carbonyl (C=O) groups is 1. The number of rotatable bonds is 8. The number of anilines is 3. The van der Waals surface area contributed by atoms with E-state index in [9.17, 15) is 22.0 Å². The van der Waals surface area contributed by atoms with Crippen LogP contribution in [0.1, 0.15) is 34.6 Å². The molecule has 1 amide bonds. The average Bonchev–Trinajstić information content (AvgIpc) is 3.52. The van der Waals surface area contributed by atoms with Gasteiger partial charge in [-0.1, -0.05) is 11.6 Å². The number of nitrogens with zero attached hydrogens (tertiary/aromatic N) is 2. The van der Waals surface area contributed by atoms with Gasteiger partial charge in [-0.2, -0.15) is 0 Å². The number of hydrogen-bond acceptors (Lipinski definition) is 5. The molecule has 2 fully saturated rings. The van der Waals surface area contributed by atoms with Crippen LogP contribution in [-0.4, -0.2) is 48.6 Å². The molecule has 5 rings (SSSR count). The third-order valence-corrected chi connectivity index (χ3v) is 7.86. The van der Waals surface area contributed by atoms with E-state index in [0.717, 1.165) is 11.4 Å². The zero-order chi connectivity index (χ0) is 24.8. The number of benzene rings is 1. The first-order valence-electron chi connectivity index (χ1n) is 10.9. The van der Waals surface area contributed by atoms with Gasteiger partial charge in [0.25, 0.3) is 11.8 Å². The van der Waals surface area contributed by atoms with Gasteiger partial charge in [0.2, 0.25) is 10.0 Å². The Balaban J connectivity index is 1.21. The number of sulfonamides is 1. The Labute approximate surface area is 205 Å². The summed E-state index contributed by atoms with van der Waals surface area (Å²) in [6, 6.07) is 9.72. The summed E-state index contributed by atoms with van der Waals surface area (Å²) in [6.07, 6.45) is 4.81. The highest BCUT2D eigenvalue weighted by atomic mass is 35.5. The van der Waals surface area contributed by atoms with Crippen molar-refractivity contribution in [2.45, 2.75) is 30.4 Å². The van der Waals surface area contributed by atoms with Crippen LogP contribution < -0.4 is 14.9 Å². The standard InChI is InChI=1S/C23H22ClF2N5O3S/c24-15-6-18(9-19(7-15)30-35(33,34)21-3-4-21)29-22(32)14-5-17(27-10-14)8-16-1-2-20(11-28-16)31-12-23(25,26)13-31/h1-2,5-7,9-11,21,27,30H,3-4,8,12-13H2,(H,29,32). The molecule has 0 atom stereocenters. The second-order valence-electron chi connectivity index (χ2n) is 8.84. The molecule has 3 aromatic rings. The van der Waals surface area contributed by atoms with Gasteiger partial charge >= 0.3 is 0 Å². The van der Waals surface area contributed by atoms with Crippen molar-refractivity contribution in [3.63, 3.8) is 0 Å². The maximum absolute atomic E-state index is 13.0. The van der Waals surface area contributed by atoms with Gasteiger partial charge in [-0.25, -0.2) is 17.2 Å². The Hall–Kier alpha value is -3.18. The number of aromatic nitrogens is 2. The molecular formula is C23H22ClF2N5O3S. The lowest BCUT2D eigenvalue weighted by Gasteiger charge is -2.40. The number of pyridine rings is 1. The van der Waals surface area contributed by atoms with E-state index in [4.69, 9.17) is 11.6 Å². The Morgan fingerprint density at radius 2 is 1.91 bits per heavy atom. The van der Waals surface area contributed by atoms with E-state index in [2.05, 4.69) is 20.0 Å². The fraction of sp³-hybridized carbons (Fsp3) is 0.304. The second-order valence-corrected chi connectivity index (χ2v) is 11.2. The maximum atomic E-state index is 13.0. The van der Waals surface area contributed by atoms with Crippen LogP contribution in [0.5, 0.6) is 0 Å². The molecular weight excluding hydrogens is 500 g/mol. The molecule has 35 heavy (non-hydrogen) atoms. The van der Waals surface area contributed by atoms with Crippen molar-refractivity contribution >= 4 is 44.6 Å². The molecule has 184 valence electrons. The molecule has 1 aromatic carbocycles. The SMILES string of the molecule is O=C(Nc1cc(Cl)cc(NS(=O)(=O)C2CC2)c1)c1c[nH]c(Cc2ccc(N3CC(F)(F)C3)cn2)c1. The first-order chi connectivity index (χ1) is 16.6. The van der Waals surface area contributed by atoms with Gasteiger partial charge in [0.05, 0.1) is 41.5 Å². The third kappa shape index (κ3) is 5.57. The zero-order valence-electron chi connectivity index (χ0n) is 18.4. The molecule has 1 aliphatic heterocycles. The van der Waals surface area contributed by atoms with Crippen LogP contribution in [0, 0.1) is 0 Å². The van der Waals surface area contributed by atoms with Crippen molar-refractivity contribution in [2.24, 2.45) is 0 Å². The number of hydrogen-bond donors (Lipinski definition) is 3. The highest BCUT2D eigenvalue weighted by molar-refractivity contribution is 7.93. The molecule has 3 N–H and O–H groups in total. The topological polar surface area (TPSA) is 107 Å². The fourth-order valence-electron chi connectivity index (χ4n) is 3.82. The fourth-order valence-corrected chi connectivity index (χ4v) is 5.43. The predicted molar refractivity (Wildman–Crippen MR) is 130 cm³/mol. The highest BCUT2D eigenvalue weighted by Crippen LogP contribution is 2.32. The summed E-state index contributed by atoms with van der Waals surface area (Å²) >= 11 is 6.12. The van der Waals surface area contributed by atoms with Crippen LogP contribution in [0.2, 0.25) is 5.02 Å². The van der Waals surface area contributed by atoms with Crippen molar-refractivity contribution in [1.29, 1.82) is 0 Å². The summed E-state index contributed by atoms with van der Waals surface area (Å²) < 4.78 is 53.0. The molecule has 2 aliphatic rings. The Morgan fingerprint density at radius 1 is 1.17 bits per heavy atom. The molecule has 0 radical (unpaired) electrons. The van der Waals surface area contributed by atoms with Gasteiger partial charge in [0.1, 0.15) is 0 Å². The quantitative estimate of drug-likeness (QED) is 0.410. The summed E-state index contributed by atoms with van der Waals surface area (Å²) in [7, 11) is -3.46. The van der Waals surface area contributed by atoms with E-state index in [1.165, 1.54) is 18.2 Å². The third-order valence-electron chi connectivity index (χ3n) is 5.77. The van der Waals surface area contributed by atoms with Gasteiger partial charge in [0, 0.05) is 34.7 Å². The molecule has 12 heteroatoms. The lowest BCUT2D eigenvalue weighted by Crippen LogP contribution is -2.56. The van der Waals surface area contributed by atoms with E-state index < -0.39 is 21.9 Å². The summed E-state index contributed by atoms with van der Waals surface area (Å²) in [4.78, 5) is 21.7. The summed E-state index contributed by atoms with van der Waals surface area (Å²) in [5.74, 6) is -3.04. The molecule has 1 saturated carbocycles. The first-order valence-corrected chi connectivity index (χ1v) is 12.9. The molecule has 0 bridgehead atoms. The van der Waals surface area contributed by atoms with Gasteiger partial charge < -0.3 is 15.2 Å². The number of aromatic amines is 1. The van der Waals surface area contributed by atoms with Crippen molar-refractivity contribution in [2.75, 3.05) is 28.0 Å². The Morgan fingerprint density at radius 3 is 2.57 bits per heavy atom. The first kappa shape index (κ1) is 23.6. The zero-order valence-corrected chi connectivity index (χ0v) is 20.0. The van der Waals surface area contributed by atoms with Crippen molar-refractivity contribution in [3.05, 3.63) is 70.8 Å². The monoisotopic (exact) mass is 521 g/mol. The number of amides is 1. The van der Waals surface area contributed by atoms with Crippen molar-refractivity contribution in [3.8, 4) is 0 Å². The van der Waals surface area contributed by atoms with Gasteiger partial charge in [0.15, 0.2) is 0 Å². The van der Waals surface area contributed by atoms with Gasteiger partial charge in [-0.05, 0) is 49.2 Å². The van der Waals surface area contributed by atoms with E-state index in [-0.39, 0.29) is 29.0 Å². The lowest BCUT2D eigenvalue weighted by molar-refractivity contribution is -0.0262. The minimum absolute atomic E-state index is 0.280. The molecule has 2 aromatic heterocycles. The largest absolute Gasteiger partial charge is 0.364 e. The minimum Gasteiger partial charge on any atom is -0.364 e. The van der Waals surface area contributed by atoms with Crippen molar-refractivity contribution < 1.29 is 22.0 Å². The van der Waals surface area contributed by atoms with Crippen LogP contribution in [0.25, 0.3) is 0 Å². The highest BCUT2D eigenvalue weighted by Gasteiger charge is 2.44. The minimum atomic E-state index is -3.46. The molecule has 1 aliphatic carbocycles. The summed E-state index contributed by atoms with van der Waals surface area (Å²) in [5, 5.41) is 2.62. The average molecular weight is 522 g/mol. The molecule has 0 unspecified atom stereocenters. The van der Waals surface area contributed by atoms with Gasteiger partial charge in [-0.3, -0.25) is 14.5 Å². The Bertz CT molecular complexity index is 1370. The second kappa shape index (κ2) is 8.80. The van der Waals surface area contributed by atoms with Crippen molar-refractivity contribution in [1.82, 2.24) is 9.97 Å². The van der Waals surface area contributed by atoms with Crippen LogP contribution in [0.15, 0.2) is 48.8 Å². The number of H-pyrrole nitrogens is 1. The normalized spacial score (nSPS) is 17.1. The van der Waals surface area contributed by atoms with Crippen LogP contribution in [0.3, 0.4) is 0 Å².